The number of carbonyl (C=O) groups is 3. The standard InChI is InChI=1S/C24H35N3O4/c1-8-10-11-15-25-22(29)21(20-17(3)13-12-14-18(20)4)27(9-2)19(28)16-26-23(30)31-24(5,6)7/h2,12-14,21H,8,10-11,15-16H2,1,3-7H3,(H,25,29)(H,26,30). The summed E-state index contributed by atoms with van der Waals surface area (Å²) in [5.41, 5.74) is 1.68. The maximum Gasteiger partial charge on any atom is 0.408 e. The van der Waals surface area contributed by atoms with Crippen molar-refractivity contribution >= 4 is 17.9 Å². The van der Waals surface area contributed by atoms with Crippen molar-refractivity contribution in [3.63, 3.8) is 0 Å². The van der Waals surface area contributed by atoms with Crippen LogP contribution in [0.1, 0.15) is 69.7 Å². The van der Waals surface area contributed by atoms with Gasteiger partial charge in [0.25, 0.3) is 5.91 Å². The number of nitrogens with zero attached hydrogens (tertiary/aromatic N) is 1. The molecule has 170 valence electrons. The van der Waals surface area contributed by atoms with Crippen LogP contribution in [-0.4, -0.2) is 41.5 Å². The van der Waals surface area contributed by atoms with Crippen molar-refractivity contribution in [3.05, 3.63) is 34.9 Å². The third-order valence-corrected chi connectivity index (χ3v) is 4.59. The summed E-state index contributed by atoms with van der Waals surface area (Å²) < 4.78 is 5.16. The zero-order valence-electron chi connectivity index (χ0n) is 19.5. The van der Waals surface area contributed by atoms with E-state index in [0.717, 1.165) is 35.3 Å². The van der Waals surface area contributed by atoms with Crippen LogP contribution in [0.2, 0.25) is 0 Å². The minimum atomic E-state index is -0.999. The van der Waals surface area contributed by atoms with E-state index in [1.165, 1.54) is 0 Å². The number of aryl methyl sites for hydroxylation is 2. The normalized spacial score (nSPS) is 11.8. The third kappa shape index (κ3) is 8.33. The zero-order valence-corrected chi connectivity index (χ0v) is 19.5. The molecule has 0 aromatic heterocycles. The average molecular weight is 430 g/mol. The fourth-order valence-electron chi connectivity index (χ4n) is 3.16. The molecule has 0 heterocycles. The molecule has 1 rings (SSSR count). The molecule has 0 bridgehead atoms. The highest BCUT2D eigenvalue weighted by Gasteiger charge is 2.33. The molecule has 0 spiro atoms. The zero-order chi connectivity index (χ0) is 23.6. The third-order valence-electron chi connectivity index (χ3n) is 4.59. The summed E-state index contributed by atoms with van der Waals surface area (Å²) in [6, 6.07) is 6.97. The van der Waals surface area contributed by atoms with E-state index in [-0.39, 0.29) is 12.5 Å². The van der Waals surface area contributed by atoms with Crippen LogP contribution in [0.3, 0.4) is 0 Å². The molecule has 1 aromatic rings. The number of nitrogens with one attached hydrogen (secondary N) is 2. The summed E-state index contributed by atoms with van der Waals surface area (Å²) in [6.45, 7) is 11.1. The van der Waals surface area contributed by atoms with Gasteiger partial charge in [-0.3, -0.25) is 14.5 Å². The lowest BCUT2D eigenvalue weighted by atomic mass is 9.94. The highest BCUT2D eigenvalue weighted by molar-refractivity contribution is 5.92. The van der Waals surface area contributed by atoms with Crippen molar-refractivity contribution in [3.8, 4) is 12.5 Å². The van der Waals surface area contributed by atoms with Gasteiger partial charge in [0.2, 0.25) is 5.91 Å². The number of amides is 3. The minimum Gasteiger partial charge on any atom is -0.444 e. The van der Waals surface area contributed by atoms with Gasteiger partial charge >= 0.3 is 6.09 Å². The van der Waals surface area contributed by atoms with E-state index < -0.39 is 23.6 Å². The molecular formula is C24H35N3O4. The Morgan fingerprint density at radius 3 is 2.26 bits per heavy atom. The van der Waals surface area contributed by atoms with Gasteiger partial charge in [-0.05, 0) is 57.7 Å². The van der Waals surface area contributed by atoms with Crippen molar-refractivity contribution in [1.29, 1.82) is 0 Å². The number of benzene rings is 1. The van der Waals surface area contributed by atoms with Crippen LogP contribution in [0.15, 0.2) is 18.2 Å². The lowest BCUT2D eigenvalue weighted by Gasteiger charge is -2.29. The smallest absolute Gasteiger partial charge is 0.408 e. The van der Waals surface area contributed by atoms with E-state index in [0.29, 0.717) is 12.1 Å². The molecule has 0 fully saturated rings. The first-order valence-corrected chi connectivity index (χ1v) is 10.6. The Balaban J connectivity index is 3.11. The molecule has 1 atom stereocenters. The topological polar surface area (TPSA) is 87.7 Å². The van der Waals surface area contributed by atoms with Crippen molar-refractivity contribution in [2.75, 3.05) is 13.1 Å². The van der Waals surface area contributed by atoms with Crippen molar-refractivity contribution in [2.45, 2.75) is 72.4 Å². The number of carbonyl (C=O) groups excluding carboxylic acids is 3. The van der Waals surface area contributed by atoms with Crippen LogP contribution in [0.25, 0.3) is 0 Å². The van der Waals surface area contributed by atoms with Crippen LogP contribution >= 0.6 is 0 Å². The maximum atomic E-state index is 13.1. The number of ether oxygens (including phenoxy) is 1. The number of unbranched alkanes of at least 4 members (excludes halogenated alkanes) is 2. The summed E-state index contributed by atoms with van der Waals surface area (Å²) in [6.07, 6.45) is 7.79. The number of terminal acetylenes is 1. The second-order valence-corrected chi connectivity index (χ2v) is 8.45. The number of hydrogen-bond donors (Lipinski definition) is 2. The second kappa shape index (κ2) is 12.0. The Morgan fingerprint density at radius 1 is 1.13 bits per heavy atom. The summed E-state index contributed by atoms with van der Waals surface area (Å²) >= 11 is 0. The molecule has 7 nitrogen and oxygen atoms in total. The van der Waals surface area contributed by atoms with E-state index in [9.17, 15) is 14.4 Å². The van der Waals surface area contributed by atoms with E-state index in [2.05, 4.69) is 23.6 Å². The Labute approximate surface area is 185 Å². The predicted molar refractivity (Wildman–Crippen MR) is 121 cm³/mol. The average Bonchev–Trinajstić information content (AvgIpc) is 2.67. The van der Waals surface area contributed by atoms with Gasteiger partial charge in [-0.25, -0.2) is 4.79 Å². The van der Waals surface area contributed by atoms with Gasteiger partial charge in [-0.2, -0.15) is 0 Å². The summed E-state index contributed by atoms with van der Waals surface area (Å²) in [5.74, 6) is -0.929. The van der Waals surface area contributed by atoms with Crippen LogP contribution in [-0.2, 0) is 14.3 Å². The highest BCUT2D eigenvalue weighted by Crippen LogP contribution is 2.27. The van der Waals surface area contributed by atoms with E-state index in [1.807, 2.05) is 32.0 Å². The molecule has 0 saturated heterocycles. The minimum absolute atomic E-state index is 0.350. The van der Waals surface area contributed by atoms with Crippen LogP contribution in [0.4, 0.5) is 4.79 Å². The van der Waals surface area contributed by atoms with Gasteiger partial charge in [0.1, 0.15) is 18.2 Å². The lowest BCUT2D eigenvalue weighted by molar-refractivity contribution is -0.136. The molecule has 31 heavy (non-hydrogen) atoms. The molecule has 0 aliphatic carbocycles. The van der Waals surface area contributed by atoms with Gasteiger partial charge in [0, 0.05) is 12.6 Å². The van der Waals surface area contributed by atoms with Gasteiger partial charge in [-0.1, -0.05) is 44.4 Å². The molecule has 3 amide bonds. The van der Waals surface area contributed by atoms with Gasteiger partial charge < -0.3 is 15.4 Å². The van der Waals surface area contributed by atoms with Gasteiger partial charge in [0.05, 0.1) is 0 Å². The van der Waals surface area contributed by atoms with Crippen LogP contribution < -0.4 is 10.6 Å². The Kier molecular flexibility index (Phi) is 10.1. The Bertz CT molecular complexity index is 801. The summed E-state index contributed by atoms with van der Waals surface area (Å²) in [4.78, 5) is 39.0. The fourth-order valence-corrected chi connectivity index (χ4v) is 3.16. The van der Waals surface area contributed by atoms with Gasteiger partial charge in [-0.15, -0.1) is 0 Å². The molecule has 0 radical (unpaired) electrons. The van der Waals surface area contributed by atoms with Gasteiger partial charge in [0.15, 0.2) is 0 Å². The quantitative estimate of drug-likeness (QED) is 0.357. The second-order valence-electron chi connectivity index (χ2n) is 8.45. The Morgan fingerprint density at radius 2 is 1.74 bits per heavy atom. The first-order chi connectivity index (χ1) is 14.5. The van der Waals surface area contributed by atoms with E-state index >= 15 is 0 Å². The molecule has 2 N–H and O–H groups in total. The molecule has 7 heteroatoms. The molecule has 1 aromatic carbocycles. The SMILES string of the molecule is C#CN(C(=O)CNC(=O)OC(C)(C)C)C(C(=O)NCCCCC)c1c(C)cccc1C. The number of alkyl carbamates (subject to hydrolysis) is 1. The first-order valence-electron chi connectivity index (χ1n) is 10.6. The summed E-state index contributed by atoms with van der Waals surface area (Å²) in [5, 5.41) is 5.30. The largest absolute Gasteiger partial charge is 0.444 e. The highest BCUT2D eigenvalue weighted by atomic mass is 16.6. The first kappa shape index (κ1) is 26.0. The van der Waals surface area contributed by atoms with E-state index in [4.69, 9.17) is 11.2 Å². The predicted octanol–water partition coefficient (Wildman–Crippen LogP) is 3.59. The number of hydrogen-bond acceptors (Lipinski definition) is 4. The van der Waals surface area contributed by atoms with E-state index in [1.54, 1.807) is 20.8 Å². The monoisotopic (exact) mass is 429 g/mol. The van der Waals surface area contributed by atoms with Crippen LogP contribution in [0.5, 0.6) is 0 Å². The van der Waals surface area contributed by atoms with Crippen molar-refractivity contribution in [1.82, 2.24) is 15.5 Å². The summed E-state index contributed by atoms with van der Waals surface area (Å²) in [7, 11) is 0. The molecule has 0 saturated carbocycles. The van der Waals surface area contributed by atoms with Crippen molar-refractivity contribution < 1.29 is 19.1 Å². The van der Waals surface area contributed by atoms with Crippen LogP contribution in [0, 0.1) is 26.3 Å². The lowest BCUT2D eigenvalue weighted by Crippen LogP contribution is -2.46. The number of rotatable bonds is 9. The van der Waals surface area contributed by atoms with Crippen molar-refractivity contribution in [2.24, 2.45) is 0 Å². The molecule has 0 aliphatic rings. The molecular weight excluding hydrogens is 394 g/mol. The molecule has 1 unspecified atom stereocenters. The molecule has 0 aliphatic heterocycles. The fraction of sp³-hybridized carbons (Fsp3) is 0.542. The maximum absolute atomic E-state index is 13.1. The Hall–Kier alpha value is -3.01.